The van der Waals surface area contributed by atoms with E-state index in [4.69, 9.17) is 4.74 Å². The maximum atomic E-state index is 12.3. The summed E-state index contributed by atoms with van der Waals surface area (Å²) in [5.74, 6) is 0.713. The third kappa shape index (κ3) is 4.07. The molecule has 0 atom stereocenters. The third-order valence-corrected chi connectivity index (χ3v) is 3.98. The molecular weight excluding hydrogens is 314 g/mol. The Bertz CT molecular complexity index is 856. The Morgan fingerprint density at radius 1 is 1.20 bits per heavy atom. The van der Waals surface area contributed by atoms with Crippen LogP contribution in [0, 0.1) is 6.92 Å². The first kappa shape index (κ1) is 16.8. The number of benzene rings is 2. The molecule has 0 aliphatic heterocycles. The van der Waals surface area contributed by atoms with Gasteiger partial charge in [0.15, 0.2) is 0 Å². The van der Waals surface area contributed by atoms with Crippen LogP contribution in [-0.4, -0.2) is 29.3 Å². The summed E-state index contributed by atoms with van der Waals surface area (Å²) >= 11 is 0. The molecule has 0 saturated heterocycles. The number of methoxy groups -OCH3 is 1. The van der Waals surface area contributed by atoms with E-state index in [0.717, 1.165) is 17.0 Å². The highest BCUT2D eigenvalue weighted by atomic mass is 16.5. The molecule has 1 heterocycles. The van der Waals surface area contributed by atoms with Gasteiger partial charge in [-0.2, -0.15) is 5.10 Å². The molecule has 0 radical (unpaired) electrons. The minimum absolute atomic E-state index is 0.131. The molecule has 1 aromatic heterocycles. The van der Waals surface area contributed by atoms with Gasteiger partial charge in [0.25, 0.3) is 5.91 Å². The molecule has 0 aliphatic carbocycles. The lowest BCUT2D eigenvalue weighted by Gasteiger charge is -2.10. The largest absolute Gasteiger partial charge is 0.496 e. The third-order valence-electron chi connectivity index (χ3n) is 3.98. The van der Waals surface area contributed by atoms with E-state index in [-0.39, 0.29) is 5.91 Å². The number of amides is 1. The zero-order chi connectivity index (χ0) is 17.6. The van der Waals surface area contributed by atoms with E-state index in [9.17, 15) is 4.79 Å². The Hall–Kier alpha value is -3.08. The van der Waals surface area contributed by atoms with Gasteiger partial charge in [-0.1, -0.05) is 35.9 Å². The van der Waals surface area contributed by atoms with Crippen molar-refractivity contribution in [2.45, 2.75) is 13.3 Å². The molecular formula is C20H21N3O2. The number of nitrogens with zero attached hydrogens (tertiary/aromatic N) is 2. The topological polar surface area (TPSA) is 56.1 Å². The number of carbonyl (C=O) groups excluding carboxylic acids is 1. The monoisotopic (exact) mass is 335 g/mol. The summed E-state index contributed by atoms with van der Waals surface area (Å²) in [7, 11) is 1.66. The van der Waals surface area contributed by atoms with E-state index < -0.39 is 0 Å². The van der Waals surface area contributed by atoms with Crippen molar-refractivity contribution in [3.05, 3.63) is 77.6 Å². The summed E-state index contributed by atoms with van der Waals surface area (Å²) in [6.45, 7) is 2.58. The van der Waals surface area contributed by atoms with Crippen molar-refractivity contribution in [3.63, 3.8) is 0 Å². The van der Waals surface area contributed by atoms with E-state index in [1.807, 2.05) is 49.4 Å². The van der Waals surface area contributed by atoms with Crippen molar-refractivity contribution in [1.82, 2.24) is 15.1 Å². The van der Waals surface area contributed by atoms with Crippen molar-refractivity contribution in [1.29, 1.82) is 0 Å². The van der Waals surface area contributed by atoms with Crippen LogP contribution in [-0.2, 0) is 6.42 Å². The lowest BCUT2D eigenvalue weighted by Crippen LogP contribution is -2.25. The minimum Gasteiger partial charge on any atom is -0.496 e. The predicted octanol–water partition coefficient (Wildman–Crippen LogP) is 3.16. The number of para-hydroxylation sites is 1. The Balaban J connectivity index is 1.60. The summed E-state index contributed by atoms with van der Waals surface area (Å²) in [6.07, 6.45) is 4.02. The molecule has 0 unspecified atom stereocenters. The normalized spacial score (nSPS) is 10.5. The second-order valence-electron chi connectivity index (χ2n) is 5.83. The smallest absolute Gasteiger partial charge is 0.254 e. The zero-order valence-electron chi connectivity index (χ0n) is 14.4. The van der Waals surface area contributed by atoms with Gasteiger partial charge in [0, 0.05) is 12.7 Å². The van der Waals surface area contributed by atoms with Gasteiger partial charge in [-0.3, -0.25) is 4.79 Å². The molecule has 3 rings (SSSR count). The van der Waals surface area contributed by atoms with Gasteiger partial charge < -0.3 is 10.1 Å². The average Bonchev–Trinajstić information content (AvgIpc) is 3.13. The number of ether oxygens (including phenoxy) is 1. The molecule has 3 aromatic rings. The van der Waals surface area contributed by atoms with Crippen molar-refractivity contribution in [2.24, 2.45) is 0 Å². The molecule has 0 bridgehead atoms. The maximum Gasteiger partial charge on any atom is 0.254 e. The van der Waals surface area contributed by atoms with Gasteiger partial charge in [0.2, 0.25) is 0 Å². The van der Waals surface area contributed by atoms with Crippen molar-refractivity contribution in [3.8, 4) is 11.4 Å². The first-order valence-electron chi connectivity index (χ1n) is 8.19. The average molecular weight is 335 g/mol. The van der Waals surface area contributed by atoms with Gasteiger partial charge >= 0.3 is 0 Å². The van der Waals surface area contributed by atoms with E-state index >= 15 is 0 Å². The maximum absolute atomic E-state index is 12.3. The van der Waals surface area contributed by atoms with Gasteiger partial charge in [0.05, 0.1) is 24.6 Å². The zero-order valence-corrected chi connectivity index (χ0v) is 14.4. The lowest BCUT2D eigenvalue weighted by molar-refractivity contribution is 0.0954. The Morgan fingerprint density at radius 2 is 2.00 bits per heavy atom. The number of nitrogens with one attached hydrogen (secondary N) is 1. The van der Waals surface area contributed by atoms with Crippen molar-refractivity contribution < 1.29 is 9.53 Å². The molecule has 25 heavy (non-hydrogen) atoms. The van der Waals surface area contributed by atoms with Crippen LogP contribution in [0.4, 0.5) is 0 Å². The van der Waals surface area contributed by atoms with Crippen LogP contribution in [0.1, 0.15) is 21.5 Å². The number of carbonyl (C=O) groups is 1. The van der Waals surface area contributed by atoms with E-state index in [1.165, 1.54) is 5.56 Å². The SMILES string of the molecule is COc1ccc(C)cc1CCNC(=O)c1cnn(-c2ccccc2)c1. The molecule has 1 N–H and O–H groups in total. The number of hydrogen-bond donors (Lipinski definition) is 1. The van der Waals surface area contributed by atoms with Crippen LogP contribution in [0.5, 0.6) is 5.75 Å². The second-order valence-corrected chi connectivity index (χ2v) is 5.83. The molecule has 0 saturated carbocycles. The molecule has 0 aliphatic rings. The van der Waals surface area contributed by atoms with Crippen LogP contribution >= 0.6 is 0 Å². The van der Waals surface area contributed by atoms with Gasteiger partial charge in [-0.25, -0.2) is 4.68 Å². The molecule has 0 spiro atoms. The van der Waals surface area contributed by atoms with Gasteiger partial charge in [-0.15, -0.1) is 0 Å². The molecule has 0 fully saturated rings. The Morgan fingerprint density at radius 3 is 2.76 bits per heavy atom. The second kappa shape index (κ2) is 7.66. The van der Waals surface area contributed by atoms with Crippen LogP contribution in [0.25, 0.3) is 5.69 Å². The molecule has 5 nitrogen and oxygen atoms in total. The molecule has 1 amide bonds. The fraction of sp³-hybridized carbons (Fsp3) is 0.200. The van der Waals surface area contributed by atoms with Crippen molar-refractivity contribution in [2.75, 3.05) is 13.7 Å². The summed E-state index contributed by atoms with van der Waals surface area (Å²) in [4.78, 5) is 12.3. The number of hydrogen-bond acceptors (Lipinski definition) is 3. The molecule has 2 aromatic carbocycles. The quantitative estimate of drug-likeness (QED) is 0.753. The summed E-state index contributed by atoms with van der Waals surface area (Å²) in [6, 6.07) is 15.8. The van der Waals surface area contributed by atoms with Gasteiger partial charge in [-0.05, 0) is 37.1 Å². The highest BCUT2D eigenvalue weighted by Gasteiger charge is 2.10. The van der Waals surface area contributed by atoms with E-state index in [1.54, 1.807) is 24.2 Å². The summed E-state index contributed by atoms with van der Waals surface area (Å²) in [5, 5.41) is 7.18. The fourth-order valence-electron chi connectivity index (χ4n) is 2.68. The number of rotatable bonds is 6. The first-order chi connectivity index (χ1) is 12.2. The standard InChI is InChI=1S/C20H21N3O2/c1-15-8-9-19(25-2)16(12-15)10-11-21-20(24)17-13-22-23(14-17)18-6-4-3-5-7-18/h3-9,12-14H,10-11H2,1-2H3,(H,21,24). The Labute approximate surface area is 147 Å². The summed E-state index contributed by atoms with van der Waals surface area (Å²) < 4.78 is 7.06. The molecule has 128 valence electrons. The molecule has 5 heteroatoms. The first-order valence-corrected chi connectivity index (χ1v) is 8.19. The highest BCUT2D eigenvalue weighted by molar-refractivity contribution is 5.93. The fourth-order valence-corrected chi connectivity index (χ4v) is 2.68. The predicted molar refractivity (Wildman–Crippen MR) is 97.3 cm³/mol. The lowest BCUT2D eigenvalue weighted by atomic mass is 10.1. The number of aryl methyl sites for hydroxylation is 1. The highest BCUT2D eigenvalue weighted by Crippen LogP contribution is 2.19. The van der Waals surface area contributed by atoms with Crippen molar-refractivity contribution >= 4 is 5.91 Å². The van der Waals surface area contributed by atoms with E-state index in [0.29, 0.717) is 18.5 Å². The Kier molecular flexibility index (Phi) is 5.14. The van der Waals surface area contributed by atoms with Crippen LogP contribution in [0.2, 0.25) is 0 Å². The van der Waals surface area contributed by atoms with Crippen LogP contribution in [0.15, 0.2) is 60.9 Å². The minimum atomic E-state index is -0.131. The summed E-state index contributed by atoms with van der Waals surface area (Å²) in [5.41, 5.74) is 3.72. The number of aromatic nitrogens is 2. The van der Waals surface area contributed by atoms with Gasteiger partial charge in [0.1, 0.15) is 5.75 Å². The van der Waals surface area contributed by atoms with E-state index in [2.05, 4.69) is 16.5 Å². The van der Waals surface area contributed by atoms with Crippen LogP contribution < -0.4 is 10.1 Å². The van der Waals surface area contributed by atoms with Crippen LogP contribution in [0.3, 0.4) is 0 Å².